The number of anilines is 1. The second-order valence-corrected chi connectivity index (χ2v) is 2.57. The fourth-order valence-electron chi connectivity index (χ4n) is 0.784. The van der Waals surface area contributed by atoms with E-state index in [-0.39, 0.29) is 0 Å². The Bertz CT molecular complexity index is 367. The zero-order valence-corrected chi connectivity index (χ0v) is 7.78. The predicted molar refractivity (Wildman–Crippen MR) is 52.1 cm³/mol. The van der Waals surface area contributed by atoms with Gasteiger partial charge in [-0.3, -0.25) is 0 Å². The number of H-pyrrole nitrogens is 1. The highest BCUT2D eigenvalue weighted by atomic mass is 15.0. The van der Waals surface area contributed by atoms with Crippen LogP contribution in [0.25, 0.3) is 11.2 Å². The van der Waals surface area contributed by atoms with E-state index in [0.717, 1.165) is 0 Å². The average molecular weight is 179 g/mol. The van der Waals surface area contributed by atoms with Crippen LogP contribution in [0.3, 0.4) is 0 Å². The van der Waals surface area contributed by atoms with Crippen molar-refractivity contribution < 1.29 is 0 Å². The minimum atomic E-state index is 0.433. The second kappa shape index (κ2) is 4.39. The summed E-state index contributed by atoms with van der Waals surface area (Å²) in [6, 6.07) is 0. The lowest BCUT2D eigenvalue weighted by molar-refractivity contribution is 1.09. The first-order chi connectivity index (χ1) is 6.29. The molecule has 0 aliphatic rings. The van der Waals surface area contributed by atoms with Crippen molar-refractivity contribution in [1.82, 2.24) is 19.9 Å². The van der Waals surface area contributed by atoms with Crippen LogP contribution in [0.15, 0.2) is 12.7 Å². The van der Waals surface area contributed by atoms with Crippen molar-refractivity contribution in [3.63, 3.8) is 0 Å². The molecule has 5 heteroatoms. The molecule has 0 amide bonds. The lowest BCUT2D eigenvalue weighted by Crippen LogP contribution is -1.91. The van der Waals surface area contributed by atoms with Gasteiger partial charge in [0.1, 0.15) is 11.8 Å². The fraction of sp³-hybridized carbons (Fsp3) is 0.375. The Balaban J connectivity index is 0.000000251. The standard InChI is InChI=1S/C5H5N5.C3H8/c6-4-3-5(9-1-7-3)10-2-8-4;1-3-2/h1-2H,(H3,6,7,8,9,10);3H2,1-2H3. The topological polar surface area (TPSA) is 80.5 Å². The minimum absolute atomic E-state index is 0.433. The Morgan fingerprint density at radius 1 is 1.31 bits per heavy atom. The SMILES string of the molecule is CCC.Nc1ncnc2nc[nH]c12. The molecular formula is C8H13N5. The Hall–Kier alpha value is -1.65. The largest absolute Gasteiger partial charge is 0.382 e. The van der Waals surface area contributed by atoms with Gasteiger partial charge < -0.3 is 10.7 Å². The van der Waals surface area contributed by atoms with Crippen LogP contribution >= 0.6 is 0 Å². The van der Waals surface area contributed by atoms with Gasteiger partial charge in [-0.15, -0.1) is 0 Å². The third kappa shape index (κ3) is 2.14. The van der Waals surface area contributed by atoms with E-state index >= 15 is 0 Å². The van der Waals surface area contributed by atoms with Gasteiger partial charge in [0.05, 0.1) is 6.33 Å². The van der Waals surface area contributed by atoms with Crippen molar-refractivity contribution in [2.24, 2.45) is 0 Å². The van der Waals surface area contributed by atoms with Gasteiger partial charge in [-0.05, 0) is 0 Å². The van der Waals surface area contributed by atoms with Gasteiger partial charge in [-0.1, -0.05) is 20.3 Å². The molecule has 2 rings (SSSR count). The maximum atomic E-state index is 5.48. The van der Waals surface area contributed by atoms with Crippen LogP contribution in [0.4, 0.5) is 5.82 Å². The minimum Gasteiger partial charge on any atom is -0.382 e. The third-order valence-electron chi connectivity index (χ3n) is 1.25. The summed E-state index contributed by atoms with van der Waals surface area (Å²) < 4.78 is 0. The molecule has 0 aliphatic heterocycles. The summed E-state index contributed by atoms with van der Waals surface area (Å²) in [5.74, 6) is 0.433. The van der Waals surface area contributed by atoms with Crippen LogP contribution < -0.4 is 5.73 Å². The summed E-state index contributed by atoms with van der Waals surface area (Å²) in [6.07, 6.45) is 4.17. The third-order valence-corrected chi connectivity index (χ3v) is 1.25. The number of aromatic amines is 1. The molecule has 70 valence electrons. The number of rotatable bonds is 0. The number of aromatic nitrogens is 4. The monoisotopic (exact) mass is 179 g/mol. The molecule has 3 N–H and O–H groups in total. The van der Waals surface area contributed by atoms with E-state index in [1.165, 1.54) is 19.1 Å². The lowest BCUT2D eigenvalue weighted by atomic mass is 10.5. The summed E-state index contributed by atoms with van der Waals surface area (Å²) in [4.78, 5) is 14.4. The van der Waals surface area contributed by atoms with Gasteiger partial charge >= 0.3 is 0 Å². The quantitative estimate of drug-likeness (QED) is 0.639. The number of nitrogens with one attached hydrogen (secondary N) is 1. The van der Waals surface area contributed by atoms with E-state index in [4.69, 9.17) is 5.73 Å². The van der Waals surface area contributed by atoms with Crippen LogP contribution in [0.2, 0.25) is 0 Å². The molecule has 0 aromatic carbocycles. The first kappa shape index (κ1) is 9.44. The van der Waals surface area contributed by atoms with Crippen molar-refractivity contribution >= 4 is 17.0 Å². The van der Waals surface area contributed by atoms with Crippen molar-refractivity contribution in [3.8, 4) is 0 Å². The van der Waals surface area contributed by atoms with E-state index < -0.39 is 0 Å². The van der Waals surface area contributed by atoms with Crippen molar-refractivity contribution in [1.29, 1.82) is 0 Å². The highest BCUT2D eigenvalue weighted by Gasteiger charge is 1.99. The van der Waals surface area contributed by atoms with Gasteiger partial charge in [0, 0.05) is 0 Å². The second-order valence-electron chi connectivity index (χ2n) is 2.57. The lowest BCUT2D eigenvalue weighted by Gasteiger charge is -1.89. The van der Waals surface area contributed by atoms with E-state index in [2.05, 4.69) is 33.8 Å². The van der Waals surface area contributed by atoms with E-state index in [9.17, 15) is 0 Å². The van der Waals surface area contributed by atoms with Gasteiger partial charge in [0.2, 0.25) is 0 Å². The Labute approximate surface area is 76.4 Å². The Kier molecular flexibility index (Phi) is 3.19. The number of nitrogen functional groups attached to an aromatic ring is 1. The number of fused-ring (bicyclic) bond motifs is 1. The van der Waals surface area contributed by atoms with Crippen molar-refractivity contribution in [2.45, 2.75) is 20.3 Å². The summed E-state index contributed by atoms with van der Waals surface area (Å²) in [6.45, 7) is 4.25. The molecule has 0 aliphatic carbocycles. The highest BCUT2D eigenvalue weighted by molar-refractivity contribution is 5.80. The van der Waals surface area contributed by atoms with Crippen LogP contribution in [0, 0.1) is 0 Å². The van der Waals surface area contributed by atoms with E-state index in [1.54, 1.807) is 0 Å². The maximum Gasteiger partial charge on any atom is 0.182 e. The Morgan fingerprint density at radius 2 is 2.00 bits per heavy atom. The molecule has 2 heterocycles. The smallest absolute Gasteiger partial charge is 0.182 e. The highest BCUT2D eigenvalue weighted by Crippen LogP contribution is 2.09. The molecular weight excluding hydrogens is 166 g/mol. The molecule has 0 saturated carbocycles. The van der Waals surface area contributed by atoms with Gasteiger partial charge in [-0.2, -0.15) is 0 Å². The molecule has 0 bridgehead atoms. The van der Waals surface area contributed by atoms with Crippen molar-refractivity contribution in [3.05, 3.63) is 12.7 Å². The van der Waals surface area contributed by atoms with Gasteiger partial charge in [0.25, 0.3) is 0 Å². The average Bonchev–Trinajstić information content (AvgIpc) is 2.54. The summed E-state index contributed by atoms with van der Waals surface area (Å²) in [5.41, 5.74) is 6.78. The molecule has 13 heavy (non-hydrogen) atoms. The van der Waals surface area contributed by atoms with Crippen molar-refractivity contribution in [2.75, 3.05) is 5.73 Å². The van der Waals surface area contributed by atoms with E-state index in [0.29, 0.717) is 17.0 Å². The zero-order chi connectivity index (χ0) is 9.68. The molecule has 2 aromatic rings. The fourth-order valence-corrected chi connectivity index (χ4v) is 0.784. The van der Waals surface area contributed by atoms with Gasteiger partial charge in [-0.25, -0.2) is 15.0 Å². The first-order valence-corrected chi connectivity index (χ1v) is 4.19. The maximum absolute atomic E-state index is 5.48. The molecule has 2 aromatic heterocycles. The number of hydrogen-bond acceptors (Lipinski definition) is 4. The van der Waals surface area contributed by atoms with Crippen LogP contribution in [-0.2, 0) is 0 Å². The molecule has 0 radical (unpaired) electrons. The Morgan fingerprint density at radius 3 is 2.62 bits per heavy atom. The number of nitrogens with two attached hydrogens (primary N) is 1. The van der Waals surface area contributed by atoms with Crippen LogP contribution in [0.1, 0.15) is 20.3 Å². The molecule has 0 spiro atoms. The molecule has 5 nitrogen and oxygen atoms in total. The van der Waals surface area contributed by atoms with Crippen LogP contribution in [0.5, 0.6) is 0 Å². The number of imidazole rings is 1. The molecule has 0 unspecified atom stereocenters. The number of nitrogens with zero attached hydrogens (tertiary/aromatic N) is 3. The molecule has 0 saturated heterocycles. The summed E-state index contributed by atoms with van der Waals surface area (Å²) >= 11 is 0. The normalized spacial score (nSPS) is 9.38. The first-order valence-electron chi connectivity index (χ1n) is 4.19. The predicted octanol–water partition coefficient (Wildman–Crippen LogP) is 1.35. The number of hydrogen-bond donors (Lipinski definition) is 2. The molecule has 0 atom stereocenters. The van der Waals surface area contributed by atoms with Crippen LogP contribution in [-0.4, -0.2) is 19.9 Å². The van der Waals surface area contributed by atoms with E-state index in [1.807, 2.05) is 0 Å². The summed E-state index contributed by atoms with van der Waals surface area (Å²) in [7, 11) is 0. The zero-order valence-electron chi connectivity index (χ0n) is 7.78. The molecule has 0 fully saturated rings. The summed E-state index contributed by atoms with van der Waals surface area (Å²) in [5, 5.41) is 0. The van der Waals surface area contributed by atoms with Gasteiger partial charge in [0.15, 0.2) is 11.5 Å².